The van der Waals surface area contributed by atoms with Gasteiger partial charge in [0.25, 0.3) is 0 Å². The van der Waals surface area contributed by atoms with E-state index >= 15 is 0 Å². The van der Waals surface area contributed by atoms with Crippen molar-refractivity contribution in [1.29, 1.82) is 0 Å². The number of aryl methyl sites for hydroxylation is 1. The average molecular weight is 386 g/mol. The van der Waals surface area contributed by atoms with Gasteiger partial charge in [0.2, 0.25) is 5.78 Å². The molecule has 0 aliphatic rings. The number of carbonyl (C=O) groups is 3. The second-order valence-corrected chi connectivity index (χ2v) is 6.24. The molecule has 25 heavy (non-hydrogen) atoms. The molecule has 1 aromatic heterocycles. The minimum absolute atomic E-state index is 0.0883. The first-order chi connectivity index (χ1) is 11.6. The number of hydrogen-bond donors (Lipinski definition) is 1. The Morgan fingerprint density at radius 3 is 2.36 bits per heavy atom. The van der Waals surface area contributed by atoms with Crippen molar-refractivity contribution in [2.24, 2.45) is 0 Å². The second kappa shape index (κ2) is 7.37. The highest BCUT2D eigenvalue weighted by molar-refractivity contribution is 6.36. The maximum absolute atomic E-state index is 13.5. The third kappa shape index (κ3) is 3.91. The number of rotatable bonds is 5. The summed E-state index contributed by atoms with van der Waals surface area (Å²) in [6.45, 7) is 4.11. The van der Waals surface area contributed by atoms with Gasteiger partial charge in [0.1, 0.15) is 5.82 Å². The number of hydrogen-bond acceptors (Lipinski definition) is 4. The Morgan fingerprint density at radius 2 is 1.80 bits per heavy atom. The van der Waals surface area contributed by atoms with E-state index in [1.54, 1.807) is 13.8 Å². The zero-order valence-corrected chi connectivity index (χ0v) is 15.1. The molecule has 0 saturated carbocycles. The van der Waals surface area contributed by atoms with Gasteiger partial charge in [0.05, 0.1) is 21.3 Å². The molecule has 2 rings (SSSR count). The number of H-pyrrole nitrogens is 1. The highest BCUT2D eigenvalue weighted by Gasteiger charge is 2.22. The van der Waals surface area contributed by atoms with Crippen LogP contribution >= 0.6 is 23.2 Å². The molecule has 0 radical (unpaired) electrons. The molecule has 0 fully saturated rings. The van der Waals surface area contributed by atoms with Crippen molar-refractivity contribution in [2.45, 2.75) is 20.8 Å². The van der Waals surface area contributed by atoms with Crippen LogP contribution in [0, 0.1) is 19.7 Å². The summed E-state index contributed by atoms with van der Waals surface area (Å²) in [5.74, 6) is -2.48. The summed E-state index contributed by atoms with van der Waals surface area (Å²) in [6.07, 6.45) is 0. The van der Waals surface area contributed by atoms with Crippen LogP contribution in [0.2, 0.25) is 10.0 Å². The Morgan fingerprint density at radius 1 is 1.16 bits per heavy atom. The molecule has 0 atom stereocenters. The molecule has 0 bridgehead atoms. The fraction of sp³-hybridized carbons (Fsp3) is 0.235. The van der Waals surface area contributed by atoms with E-state index in [1.165, 1.54) is 6.92 Å². The van der Waals surface area contributed by atoms with Gasteiger partial charge in [0.15, 0.2) is 12.4 Å². The van der Waals surface area contributed by atoms with Crippen molar-refractivity contribution in [3.05, 3.63) is 56.1 Å². The zero-order valence-electron chi connectivity index (χ0n) is 13.6. The predicted molar refractivity (Wildman–Crippen MR) is 91.3 cm³/mol. The quantitative estimate of drug-likeness (QED) is 0.472. The van der Waals surface area contributed by atoms with E-state index in [4.69, 9.17) is 27.9 Å². The van der Waals surface area contributed by atoms with Crippen LogP contribution in [0.15, 0.2) is 12.1 Å². The molecule has 5 nitrogen and oxygen atoms in total. The van der Waals surface area contributed by atoms with Crippen molar-refractivity contribution in [1.82, 2.24) is 4.98 Å². The van der Waals surface area contributed by atoms with Crippen LogP contribution in [0.25, 0.3) is 0 Å². The number of ketones is 2. The molecule has 0 saturated heterocycles. The Kier molecular flexibility index (Phi) is 5.65. The molecule has 1 aromatic carbocycles. The van der Waals surface area contributed by atoms with Crippen LogP contribution < -0.4 is 0 Å². The Balaban J connectivity index is 2.15. The average Bonchev–Trinajstić information content (AvgIpc) is 2.83. The van der Waals surface area contributed by atoms with E-state index in [2.05, 4.69) is 4.98 Å². The highest BCUT2D eigenvalue weighted by Crippen LogP contribution is 2.25. The van der Waals surface area contributed by atoms with Crippen molar-refractivity contribution in [3.8, 4) is 0 Å². The van der Waals surface area contributed by atoms with E-state index in [0.29, 0.717) is 16.8 Å². The Labute approximate surface area is 153 Å². The number of esters is 1. The third-order valence-corrected chi connectivity index (χ3v) is 4.23. The summed E-state index contributed by atoms with van der Waals surface area (Å²) in [5, 5.41) is -0.318. The van der Waals surface area contributed by atoms with Crippen LogP contribution in [0.1, 0.15) is 49.4 Å². The van der Waals surface area contributed by atoms with Crippen LogP contribution in [0.3, 0.4) is 0 Å². The fourth-order valence-corrected chi connectivity index (χ4v) is 2.98. The van der Waals surface area contributed by atoms with Gasteiger partial charge >= 0.3 is 5.97 Å². The van der Waals surface area contributed by atoms with E-state index in [1.807, 2.05) is 0 Å². The minimum Gasteiger partial charge on any atom is -0.454 e. The largest absolute Gasteiger partial charge is 0.454 e. The minimum atomic E-state index is -0.957. The lowest BCUT2D eigenvalue weighted by atomic mass is 10.1. The standard InChI is InChI=1S/C17H14Cl2FNO4/c1-7-15(9(3)22)8(2)21-16(7)14(23)6-25-17(24)10-4-13(20)12(19)5-11(10)18/h4-5,21H,6H2,1-3H3. The Bertz CT molecular complexity index is 889. The van der Waals surface area contributed by atoms with Gasteiger partial charge in [-0.3, -0.25) is 9.59 Å². The fourth-order valence-electron chi connectivity index (χ4n) is 2.52. The summed E-state index contributed by atoms with van der Waals surface area (Å²) in [5.41, 5.74) is 1.42. The van der Waals surface area contributed by atoms with Crippen LogP contribution in [-0.2, 0) is 4.74 Å². The normalized spacial score (nSPS) is 10.6. The van der Waals surface area contributed by atoms with Gasteiger partial charge in [-0.05, 0) is 38.5 Å². The monoisotopic (exact) mass is 385 g/mol. The molecule has 1 N–H and O–H groups in total. The molecule has 1 heterocycles. The molecular weight excluding hydrogens is 372 g/mol. The summed E-state index contributed by atoms with van der Waals surface area (Å²) >= 11 is 11.4. The van der Waals surface area contributed by atoms with Gasteiger partial charge in [-0.25, -0.2) is 9.18 Å². The van der Waals surface area contributed by atoms with E-state index < -0.39 is 24.2 Å². The molecule has 0 aliphatic carbocycles. The smallest absolute Gasteiger partial charge is 0.340 e. The van der Waals surface area contributed by atoms with E-state index in [0.717, 1.165) is 12.1 Å². The third-order valence-electron chi connectivity index (χ3n) is 3.63. The lowest BCUT2D eigenvalue weighted by Crippen LogP contribution is -2.16. The summed E-state index contributed by atoms with van der Waals surface area (Å²) < 4.78 is 18.4. The molecule has 132 valence electrons. The maximum atomic E-state index is 13.5. The predicted octanol–water partition coefficient (Wildman–Crippen LogP) is 4.32. The van der Waals surface area contributed by atoms with E-state index in [9.17, 15) is 18.8 Å². The summed E-state index contributed by atoms with van der Waals surface area (Å²) in [7, 11) is 0. The first-order valence-corrected chi connectivity index (χ1v) is 7.94. The number of aromatic amines is 1. The van der Waals surface area contributed by atoms with Crippen molar-refractivity contribution in [3.63, 3.8) is 0 Å². The molecular formula is C17H14Cl2FNO4. The van der Waals surface area contributed by atoms with Crippen LogP contribution in [0.5, 0.6) is 0 Å². The van der Waals surface area contributed by atoms with Crippen molar-refractivity contribution >= 4 is 40.7 Å². The highest BCUT2D eigenvalue weighted by atomic mass is 35.5. The summed E-state index contributed by atoms with van der Waals surface area (Å²) in [4.78, 5) is 38.7. The SMILES string of the molecule is CC(=O)c1c(C)[nH]c(C(=O)COC(=O)c2cc(F)c(Cl)cc2Cl)c1C. The van der Waals surface area contributed by atoms with Crippen LogP contribution in [-0.4, -0.2) is 29.1 Å². The zero-order chi connectivity index (χ0) is 18.9. The number of Topliss-reactive ketones (excluding diaryl/α,β-unsaturated/α-hetero) is 2. The lowest BCUT2D eigenvalue weighted by Gasteiger charge is -2.07. The van der Waals surface area contributed by atoms with Gasteiger partial charge < -0.3 is 9.72 Å². The van der Waals surface area contributed by atoms with Crippen LogP contribution in [0.4, 0.5) is 4.39 Å². The molecule has 0 spiro atoms. The topological polar surface area (TPSA) is 76.2 Å². The lowest BCUT2D eigenvalue weighted by molar-refractivity contribution is 0.0473. The molecule has 8 heteroatoms. The first-order valence-electron chi connectivity index (χ1n) is 7.18. The number of aromatic nitrogens is 1. The number of halogens is 3. The van der Waals surface area contributed by atoms with Gasteiger partial charge in [-0.1, -0.05) is 23.2 Å². The number of carbonyl (C=O) groups excluding carboxylic acids is 3. The first kappa shape index (κ1) is 19.1. The Hall–Kier alpha value is -2.18. The molecule has 0 aliphatic heterocycles. The second-order valence-electron chi connectivity index (χ2n) is 5.43. The molecule has 2 aromatic rings. The van der Waals surface area contributed by atoms with Crippen molar-refractivity contribution < 1.29 is 23.5 Å². The summed E-state index contributed by atoms with van der Waals surface area (Å²) in [6, 6.07) is 1.92. The van der Waals surface area contributed by atoms with Gasteiger partial charge in [-0.2, -0.15) is 0 Å². The van der Waals surface area contributed by atoms with Gasteiger partial charge in [0, 0.05) is 11.3 Å². The molecule has 0 unspecified atom stereocenters. The van der Waals surface area contributed by atoms with Crippen molar-refractivity contribution in [2.75, 3.05) is 6.61 Å². The number of nitrogens with one attached hydrogen (secondary N) is 1. The van der Waals surface area contributed by atoms with Gasteiger partial charge in [-0.15, -0.1) is 0 Å². The van der Waals surface area contributed by atoms with E-state index in [-0.39, 0.29) is 27.1 Å². The maximum Gasteiger partial charge on any atom is 0.340 e. The number of benzene rings is 1. The molecule has 0 amide bonds. The number of ether oxygens (including phenoxy) is 1.